The zero-order valence-electron chi connectivity index (χ0n) is 12.7. The Hall–Kier alpha value is -2.47. The molecule has 0 atom stereocenters. The number of carbonyl (C=O) groups is 1. The molecule has 0 aliphatic carbocycles. The Morgan fingerprint density at radius 1 is 1.32 bits per heavy atom. The standard InChI is InChI=1S/C16H19N3O3/c1-3-12-5-4-6-13(11-12)17-16(21)14-7-8-15(20)19(18-14)9-10-22-2/h4-8,11H,3,9-10H2,1-2H3,(H,17,21). The minimum absolute atomic E-state index is 0.192. The third-order valence-corrected chi connectivity index (χ3v) is 3.20. The van der Waals surface area contributed by atoms with Crippen molar-refractivity contribution in [3.05, 3.63) is 58.0 Å². The fourth-order valence-corrected chi connectivity index (χ4v) is 1.97. The van der Waals surface area contributed by atoms with Gasteiger partial charge in [0, 0.05) is 18.9 Å². The van der Waals surface area contributed by atoms with E-state index < -0.39 is 0 Å². The molecule has 0 saturated heterocycles. The van der Waals surface area contributed by atoms with Gasteiger partial charge in [0.2, 0.25) is 0 Å². The van der Waals surface area contributed by atoms with Crippen LogP contribution in [0.5, 0.6) is 0 Å². The van der Waals surface area contributed by atoms with Crippen molar-refractivity contribution >= 4 is 11.6 Å². The number of aromatic nitrogens is 2. The Bertz CT molecular complexity index is 710. The number of aryl methyl sites for hydroxylation is 1. The van der Waals surface area contributed by atoms with E-state index in [1.807, 2.05) is 31.2 Å². The molecule has 6 nitrogen and oxygen atoms in total. The lowest BCUT2D eigenvalue weighted by Crippen LogP contribution is -2.27. The number of hydrogen-bond donors (Lipinski definition) is 1. The molecule has 0 spiro atoms. The van der Waals surface area contributed by atoms with Crippen LogP contribution in [0.1, 0.15) is 23.0 Å². The molecule has 6 heteroatoms. The summed E-state index contributed by atoms with van der Waals surface area (Å²) in [6.45, 7) is 2.71. The van der Waals surface area contributed by atoms with Gasteiger partial charge in [0.05, 0.1) is 13.2 Å². The number of anilines is 1. The molecule has 22 heavy (non-hydrogen) atoms. The van der Waals surface area contributed by atoms with Crippen molar-refractivity contribution in [2.75, 3.05) is 19.0 Å². The zero-order valence-corrected chi connectivity index (χ0v) is 12.7. The Morgan fingerprint density at radius 3 is 2.86 bits per heavy atom. The van der Waals surface area contributed by atoms with Gasteiger partial charge in [-0.3, -0.25) is 9.59 Å². The minimum atomic E-state index is -0.348. The predicted molar refractivity (Wildman–Crippen MR) is 84.1 cm³/mol. The lowest BCUT2D eigenvalue weighted by molar-refractivity contribution is 0.101. The molecule has 0 radical (unpaired) electrons. The van der Waals surface area contributed by atoms with Crippen LogP contribution in [0.15, 0.2) is 41.2 Å². The van der Waals surface area contributed by atoms with Crippen molar-refractivity contribution in [2.45, 2.75) is 19.9 Å². The van der Waals surface area contributed by atoms with Gasteiger partial charge in [0.25, 0.3) is 11.5 Å². The van der Waals surface area contributed by atoms with Gasteiger partial charge in [-0.05, 0) is 30.2 Å². The van der Waals surface area contributed by atoms with E-state index in [9.17, 15) is 9.59 Å². The van der Waals surface area contributed by atoms with E-state index >= 15 is 0 Å². The molecule has 2 rings (SSSR count). The first-order chi connectivity index (χ1) is 10.6. The summed E-state index contributed by atoms with van der Waals surface area (Å²) in [6.07, 6.45) is 0.893. The third kappa shape index (κ3) is 4.02. The Balaban J connectivity index is 2.16. The Morgan fingerprint density at radius 2 is 2.14 bits per heavy atom. The van der Waals surface area contributed by atoms with Gasteiger partial charge < -0.3 is 10.1 Å². The molecule has 116 valence electrons. The van der Waals surface area contributed by atoms with Crippen molar-refractivity contribution in [3.63, 3.8) is 0 Å². The highest BCUT2D eigenvalue weighted by Gasteiger charge is 2.10. The molecule has 0 aliphatic heterocycles. The number of carbonyl (C=O) groups excluding carboxylic acids is 1. The maximum absolute atomic E-state index is 12.2. The van der Waals surface area contributed by atoms with Crippen LogP contribution >= 0.6 is 0 Å². The molecule has 0 unspecified atom stereocenters. The van der Waals surface area contributed by atoms with Crippen LogP contribution < -0.4 is 10.9 Å². The second-order valence-corrected chi connectivity index (χ2v) is 4.78. The number of benzene rings is 1. The molecule has 1 heterocycles. The molecule has 0 bridgehead atoms. The highest BCUT2D eigenvalue weighted by atomic mass is 16.5. The van der Waals surface area contributed by atoms with Gasteiger partial charge in [0.1, 0.15) is 5.69 Å². The summed E-state index contributed by atoms with van der Waals surface area (Å²) in [5.41, 5.74) is 1.77. The topological polar surface area (TPSA) is 73.2 Å². The number of rotatable bonds is 6. The Kier molecular flexibility index (Phi) is 5.43. The van der Waals surface area contributed by atoms with Gasteiger partial charge in [-0.15, -0.1) is 0 Å². The van der Waals surface area contributed by atoms with Crippen LogP contribution in [-0.2, 0) is 17.7 Å². The minimum Gasteiger partial charge on any atom is -0.383 e. The fraction of sp³-hybridized carbons (Fsp3) is 0.312. The number of ether oxygens (including phenoxy) is 1. The van der Waals surface area contributed by atoms with Crippen molar-refractivity contribution < 1.29 is 9.53 Å². The van der Waals surface area contributed by atoms with E-state index in [2.05, 4.69) is 10.4 Å². The number of amides is 1. The van der Waals surface area contributed by atoms with E-state index in [1.54, 1.807) is 7.11 Å². The molecule has 0 saturated carbocycles. The maximum atomic E-state index is 12.2. The van der Waals surface area contributed by atoms with Crippen molar-refractivity contribution in [2.24, 2.45) is 0 Å². The lowest BCUT2D eigenvalue weighted by Gasteiger charge is -2.08. The summed E-state index contributed by atoms with van der Waals surface area (Å²) in [4.78, 5) is 23.9. The molecule has 1 amide bonds. The van der Waals surface area contributed by atoms with Crippen LogP contribution in [0, 0.1) is 0 Å². The average Bonchev–Trinajstić information content (AvgIpc) is 2.54. The van der Waals surface area contributed by atoms with E-state index in [4.69, 9.17) is 4.74 Å². The average molecular weight is 301 g/mol. The second kappa shape index (κ2) is 7.51. The summed E-state index contributed by atoms with van der Waals surface area (Å²) in [5.74, 6) is -0.348. The van der Waals surface area contributed by atoms with Crippen molar-refractivity contribution in [1.29, 1.82) is 0 Å². The van der Waals surface area contributed by atoms with Crippen LogP contribution in [0.2, 0.25) is 0 Å². The fourth-order valence-electron chi connectivity index (χ4n) is 1.97. The first-order valence-corrected chi connectivity index (χ1v) is 7.11. The highest BCUT2D eigenvalue weighted by molar-refractivity contribution is 6.02. The van der Waals surface area contributed by atoms with Gasteiger partial charge in [-0.2, -0.15) is 5.10 Å². The molecular weight excluding hydrogens is 282 g/mol. The van der Waals surface area contributed by atoms with Gasteiger partial charge in [-0.1, -0.05) is 19.1 Å². The van der Waals surface area contributed by atoms with E-state index in [-0.39, 0.29) is 17.2 Å². The predicted octanol–water partition coefficient (Wildman–Crippen LogP) is 1.70. The van der Waals surface area contributed by atoms with E-state index in [0.29, 0.717) is 18.8 Å². The normalized spacial score (nSPS) is 10.5. The number of hydrogen-bond acceptors (Lipinski definition) is 4. The van der Waals surface area contributed by atoms with Crippen LogP contribution in [-0.4, -0.2) is 29.4 Å². The summed E-state index contributed by atoms with van der Waals surface area (Å²) >= 11 is 0. The summed E-state index contributed by atoms with van der Waals surface area (Å²) in [7, 11) is 1.54. The molecule has 1 N–H and O–H groups in total. The van der Waals surface area contributed by atoms with Crippen molar-refractivity contribution in [3.8, 4) is 0 Å². The lowest BCUT2D eigenvalue weighted by atomic mass is 10.1. The molecular formula is C16H19N3O3. The van der Waals surface area contributed by atoms with Crippen LogP contribution in [0.3, 0.4) is 0 Å². The van der Waals surface area contributed by atoms with Gasteiger partial charge >= 0.3 is 0 Å². The quantitative estimate of drug-likeness (QED) is 0.881. The van der Waals surface area contributed by atoms with Gasteiger partial charge in [0.15, 0.2) is 0 Å². The van der Waals surface area contributed by atoms with Gasteiger partial charge in [-0.25, -0.2) is 4.68 Å². The van der Waals surface area contributed by atoms with Crippen LogP contribution in [0.25, 0.3) is 0 Å². The monoisotopic (exact) mass is 301 g/mol. The Labute approximate surface area is 128 Å². The summed E-state index contributed by atoms with van der Waals surface area (Å²) in [6, 6.07) is 10.4. The number of methoxy groups -OCH3 is 1. The first kappa shape index (κ1) is 15.9. The van der Waals surface area contributed by atoms with E-state index in [1.165, 1.54) is 16.8 Å². The number of nitrogens with zero attached hydrogens (tertiary/aromatic N) is 2. The molecule has 0 fully saturated rings. The third-order valence-electron chi connectivity index (χ3n) is 3.20. The molecule has 1 aromatic carbocycles. The van der Waals surface area contributed by atoms with Crippen molar-refractivity contribution in [1.82, 2.24) is 9.78 Å². The first-order valence-electron chi connectivity index (χ1n) is 7.11. The largest absolute Gasteiger partial charge is 0.383 e. The van der Waals surface area contributed by atoms with E-state index in [0.717, 1.165) is 12.0 Å². The molecule has 2 aromatic rings. The summed E-state index contributed by atoms with van der Waals surface area (Å²) in [5, 5.41) is 6.85. The molecule has 0 aliphatic rings. The SMILES string of the molecule is CCc1cccc(NC(=O)c2ccc(=O)n(CCOC)n2)c1. The maximum Gasteiger partial charge on any atom is 0.276 e. The molecule has 1 aromatic heterocycles. The zero-order chi connectivity index (χ0) is 15.9. The highest BCUT2D eigenvalue weighted by Crippen LogP contribution is 2.12. The van der Waals surface area contributed by atoms with Crippen LogP contribution in [0.4, 0.5) is 5.69 Å². The summed E-state index contributed by atoms with van der Waals surface area (Å²) < 4.78 is 6.15. The second-order valence-electron chi connectivity index (χ2n) is 4.78. The number of nitrogens with one attached hydrogen (secondary N) is 1. The smallest absolute Gasteiger partial charge is 0.276 e.